The zero-order valence-corrected chi connectivity index (χ0v) is 23.5. The highest BCUT2D eigenvalue weighted by atomic mass is 32.1. The van der Waals surface area contributed by atoms with Crippen molar-refractivity contribution >= 4 is 50.6 Å². The normalized spacial score (nSPS) is 18.0. The van der Waals surface area contributed by atoms with Gasteiger partial charge in [-0.3, -0.25) is 9.69 Å². The molecule has 2 atom stereocenters. The highest BCUT2D eigenvalue weighted by Crippen LogP contribution is 2.46. The third kappa shape index (κ3) is 5.14. The highest BCUT2D eigenvalue weighted by Gasteiger charge is 2.35. The van der Waals surface area contributed by atoms with Gasteiger partial charge in [-0.1, -0.05) is 44.2 Å². The highest BCUT2D eigenvalue weighted by molar-refractivity contribution is 7.21. The van der Waals surface area contributed by atoms with Crippen LogP contribution in [0, 0.1) is 6.92 Å². The molecule has 0 bridgehead atoms. The topological polar surface area (TPSA) is 108 Å². The van der Waals surface area contributed by atoms with Gasteiger partial charge in [0.15, 0.2) is 0 Å². The second-order valence-electron chi connectivity index (χ2n) is 10.2. The Morgan fingerprint density at radius 3 is 2.61 bits per heavy atom. The van der Waals surface area contributed by atoms with Crippen molar-refractivity contribution in [3.8, 4) is 11.6 Å². The number of amides is 3. The number of anilines is 3. The number of ether oxygens (including phenoxy) is 1. The lowest BCUT2D eigenvalue weighted by Gasteiger charge is -2.33. The summed E-state index contributed by atoms with van der Waals surface area (Å²) in [4.78, 5) is 38.8. The van der Waals surface area contributed by atoms with E-state index in [2.05, 4.69) is 39.1 Å². The Hall–Kier alpha value is -4.70. The van der Waals surface area contributed by atoms with Crippen LogP contribution in [0.25, 0.3) is 10.2 Å². The van der Waals surface area contributed by atoms with Crippen molar-refractivity contribution in [2.24, 2.45) is 0 Å². The molecule has 4 heterocycles. The molecule has 1 saturated carbocycles. The quantitative estimate of drug-likeness (QED) is 0.202. The predicted octanol–water partition coefficient (Wildman–Crippen LogP) is 6.81. The molecule has 10 heteroatoms. The number of para-hydroxylation sites is 1. The number of nitrogens with one attached hydrogen (secondary N) is 3. The number of rotatable bonds is 8. The molecule has 1 aliphatic carbocycles. The molecule has 3 amide bonds. The molecule has 0 radical (unpaired) electrons. The summed E-state index contributed by atoms with van der Waals surface area (Å²) in [7, 11) is 0. The second-order valence-corrected chi connectivity index (χ2v) is 11.1. The summed E-state index contributed by atoms with van der Waals surface area (Å²) in [6.07, 6.45) is 8.85. The number of carbonyl (C=O) groups excluding carboxylic acids is 2. The lowest BCUT2D eigenvalue weighted by atomic mass is 9.90. The Bertz CT molecular complexity index is 1670. The van der Waals surface area contributed by atoms with Gasteiger partial charge in [0.1, 0.15) is 15.5 Å². The number of hydrogen-bond donors (Lipinski definition) is 3. The van der Waals surface area contributed by atoms with Gasteiger partial charge in [-0.15, -0.1) is 11.3 Å². The Kier molecular flexibility index (Phi) is 7.15. The van der Waals surface area contributed by atoms with E-state index in [0.29, 0.717) is 38.4 Å². The fraction of sp³-hybridized carbons (Fsp3) is 0.226. The van der Waals surface area contributed by atoms with E-state index in [1.165, 1.54) is 11.3 Å². The number of aromatic nitrogens is 2. The Morgan fingerprint density at radius 1 is 1.12 bits per heavy atom. The van der Waals surface area contributed by atoms with E-state index in [0.717, 1.165) is 42.3 Å². The predicted molar refractivity (Wildman–Crippen MR) is 162 cm³/mol. The van der Waals surface area contributed by atoms with Crippen LogP contribution in [0.1, 0.15) is 40.9 Å². The summed E-state index contributed by atoms with van der Waals surface area (Å²) < 4.78 is 5.87. The van der Waals surface area contributed by atoms with Gasteiger partial charge >= 0.3 is 6.03 Å². The van der Waals surface area contributed by atoms with Crippen LogP contribution in [-0.2, 0) is 0 Å². The number of aryl methyl sites for hydroxylation is 1. The van der Waals surface area contributed by atoms with Gasteiger partial charge in [-0.2, -0.15) is 0 Å². The first-order valence-electron chi connectivity index (χ1n) is 13.5. The van der Waals surface area contributed by atoms with E-state index in [1.807, 2.05) is 37.3 Å². The lowest BCUT2D eigenvalue weighted by molar-refractivity contribution is 0.0922. The number of carbonyl (C=O) groups is 2. The van der Waals surface area contributed by atoms with Gasteiger partial charge in [0.05, 0.1) is 28.6 Å². The molecule has 0 saturated heterocycles. The molecular formula is C31H30N6O3S. The first-order chi connectivity index (χ1) is 19.9. The summed E-state index contributed by atoms with van der Waals surface area (Å²) in [5.74, 6) is 0.872. The van der Waals surface area contributed by atoms with Crippen LogP contribution >= 0.6 is 11.3 Å². The van der Waals surface area contributed by atoms with Crippen LogP contribution in [0.3, 0.4) is 0 Å². The fourth-order valence-corrected chi connectivity index (χ4v) is 6.44. The van der Waals surface area contributed by atoms with Gasteiger partial charge in [-0.05, 0) is 49.6 Å². The summed E-state index contributed by atoms with van der Waals surface area (Å²) in [5.41, 5.74) is 3.28. The number of pyridine rings is 2. The molecule has 1 aromatic carbocycles. The molecule has 208 valence electrons. The standard InChI is InChI=1S/C31H30N6O3S/c1-4-19(3)34-21-12-8-9-13-22(21)35-29(38)28-27-26-23(14-15-32-30(26)41-28)37(31(39)36-27)24-17-33-25(16-18(24)2)40-20-10-6-5-7-11-20/h4-7,10-11,14-17,21-22,34H,1,3,8-9,12-13H2,2H3,(H,35,38)(H,36,39)/t21?,22-/m1/s1. The molecule has 2 aliphatic rings. The molecule has 9 nitrogen and oxygen atoms in total. The Morgan fingerprint density at radius 2 is 1.88 bits per heavy atom. The number of benzene rings is 1. The van der Waals surface area contributed by atoms with E-state index >= 15 is 0 Å². The molecule has 3 N–H and O–H groups in total. The Balaban J connectivity index is 1.30. The minimum atomic E-state index is -0.376. The van der Waals surface area contributed by atoms with Crippen LogP contribution in [0.5, 0.6) is 11.6 Å². The summed E-state index contributed by atoms with van der Waals surface area (Å²) in [6.45, 7) is 9.65. The number of urea groups is 1. The zero-order chi connectivity index (χ0) is 28.5. The van der Waals surface area contributed by atoms with Crippen molar-refractivity contribution in [1.29, 1.82) is 0 Å². The molecule has 4 aromatic rings. The van der Waals surface area contributed by atoms with Crippen LogP contribution in [0.4, 0.5) is 21.9 Å². The third-order valence-electron chi connectivity index (χ3n) is 7.42. The second kappa shape index (κ2) is 11.1. The molecule has 3 aromatic heterocycles. The minimum absolute atomic E-state index is 0.0621. The van der Waals surface area contributed by atoms with Crippen molar-refractivity contribution in [3.63, 3.8) is 0 Å². The minimum Gasteiger partial charge on any atom is -0.439 e. The molecule has 1 fully saturated rings. The summed E-state index contributed by atoms with van der Waals surface area (Å²) in [6, 6.07) is 12.6. The Labute approximate surface area is 242 Å². The van der Waals surface area contributed by atoms with Crippen LogP contribution in [-0.4, -0.2) is 34.0 Å². The smallest absolute Gasteiger partial charge is 0.331 e. The monoisotopic (exact) mass is 566 g/mol. The van der Waals surface area contributed by atoms with Gasteiger partial charge in [0.2, 0.25) is 5.88 Å². The van der Waals surface area contributed by atoms with Crippen molar-refractivity contribution in [1.82, 2.24) is 20.6 Å². The third-order valence-corrected chi connectivity index (χ3v) is 8.51. The largest absolute Gasteiger partial charge is 0.439 e. The summed E-state index contributed by atoms with van der Waals surface area (Å²) >= 11 is 1.27. The van der Waals surface area contributed by atoms with Crippen molar-refractivity contribution in [3.05, 3.63) is 90.2 Å². The van der Waals surface area contributed by atoms with E-state index < -0.39 is 0 Å². The van der Waals surface area contributed by atoms with Gasteiger partial charge in [0.25, 0.3) is 5.91 Å². The number of nitrogens with zero attached hydrogens (tertiary/aromatic N) is 3. The van der Waals surface area contributed by atoms with E-state index in [9.17, 15) is 9.59 Å². The van der Waals surface area contributed by atoms with E-state index in [1.54, 1.807) is 35.5 Å². The fourth-order valence-electron chi connectivity index (χ4n) is 5.41. The van der Waals surface area contributed by atoms with Crippen LogP contribution in [0.15, 0.2) is 79.8 Å². The maximum atomic E-state index is 13.6. The number of allylic oxidation sites excluding steroid dienone is 1. The maximum Gasteiger partial charge on any atom is 0.331 e. The molecule has 1 unspecified atom stereocenters. The molecular weight excluding hydrogens is 536 g/mol. The van der Waals surface area contributed by atoms with Crippen molar-refractivity contribution in [2.75, 3.05) is 10.2 Å². The average molecular weight is 567 g/mol. The van der Waals surface area contributed by atoms with Crippen molar-refractivity contribution < 1.29 is 14.3 Å². The SMILES string of the molecule is C=CC(=C)NC1CCCC[C@H]1NC(=O)c1sc2nccc3c2c1NC(=O)N3c1cnc(Oc2ccccc2)cc1C. The first kappa shape index (κ1) is 26.5. The summed E-state index contributed by atoms with van der Waals surface area (Å²) in [5, 5.41) is 10.3. The lowest BCUT2D eigenvalue weighted by Crippen LogP contribution is -2.51. The van der Waals surface area contributed by atoms with E-state index in [4.69, 9.17) is 4.74 Å². The number of hydrogen-bond acceptors (Lipinski definition) is 7. The van der Waals surface area contributed by atoms with E-state index in [-0.39, 0.29) is 24.0 Å². The first-order valence-corrected chi connectivity index (χ1v) is 14.4. The van der Waals surface area contributed by atoms with Crippen LogP contribution < -0.4 is 25.6 Å². The van der Waals surface area contributed by atoms with Crippen molar-refractivity contribution in [2.45, 2.75) is 44.7 Å². The van der Waals surface area contributed by atoms with Gasteiger partial charge < -0.3 is 20.7 Å². The number of thiophene rings is 1. The molecule has 0 spiro atoms. The molecule has 41 heavy (non-hydrogen) atoms. The molecule has 1 aliphatic heterocycles. The zero-order valence-electron chi connectivity index (χ0n) is 22.6. The maximum absolute atomic E-state index is 13.6. The van der Waals surface area contributed by atoms with Gasteiger partial charge in [0, 0.05) is 30.0 Å². The van der Waals surface area contributed by atoms with Gasteiger partial charge in [-0.25, -0.2) is 14.8 Å². The molecule has 6 rings (SSSR count). The van der Waals surface area contributed by atoms with Crippen LogP contribution in [0.2, 0.25) is 0 Å². The average Bonchev–Trinajstić information content (AvgIpc) is 3.35.